The van der Waals surface area contributed by atoms with Crippen LogP contribution in [0.25, 0.3) is 0 Å². The molecule has 0 bridgehead atoms. The van der Waals surface area contributed by atoms with Gasteiger partial charge in [0.05, 0.1) is 28.4 Å². The van der Waals surface area contributed by atoms with Gasteiger partial charge in [0.2, 0.25) is 0 Å². The largest absolute Gasteiger partial charge is 0.362 e. The van der Waals surface area contributed by atoms with E-state index in [9.17, 15) is 0 Å². The normalized spacial score (nSPS) is 31.2. The van der Waals surface area contributed by atoms with Crippen molar-refractivity contribution >= 4 is 66.5 Å². The fourth-order valence-electron chi connectivity index (χ4n) is 6.30. The minimum Gasteiger partial charge on any atom is -0.362 e. The van der Waals surface area contributed by atoms with Crippen molar-refractivity contribution in [3.8, 4) is 0 Å². The van der Waals surface area contributed by atoms with Gasteiger partial charge in [0.1, 0.15) is 11.7 Å². The lowest BCUT2D eigenvalue weighted by Crippen LogP contribution is -2.72. The van der Waals surface area contributed by atoms with Gasteiger partial charge >= 0.3 is 0 Å². The highest BCUT2D eigenvalue weighted by molar-refractivity contribution is 9.10. The van der Waals surface area contributed by atoms with Crippen LogP contribution < -0.4 is 4.90 Å². The average molecular weight is 549 g/mol. The van der Waals surface area contributed by atoms with Crippen molar-refractivity contribution in [2.24, 2.45) is 15.4 Å². The molecule has 154 valence electrons. The molecule has 4 aliphatic heterocycles. The summed E-state index contributed by atoms with van der Waals surface area (Å²) < 4.78 is 2.14. The molecule has 0 N–H and O–H groups in total. The number of fused-ring (bicyclic) bond motifs is 2. The number of benzene rings is 2. The molecule has 0 saturated carbocycles. The molecule has 1 saturated heterocycles. The molecule has 4 nitrogen and oxygen atoms in total. The number of hydrogen-bond acceptors (Lipinski definition) is 4. The number of rotatable bonds is 0. The molecule has 2 aromatic rings. The standard InChI is InChI=1S/C23H21Br2ClN4/c1-29-8-7-22-11-13-3-4-15(25)10-18(13)30(2)20(22)27-12-19(26)23(22)16-6-5-14(24)9-17(16)28-21(23)29/h3-6,9-10,19H,7-8,11-12H2,1-2H3/t19-,22+,23-/m1/s1. The first kappa shape index (κ1) is 19.3. The highest BCUT2D eigenvalue weighted by atomic mass is 79.9. The Morgan fingerprint density at radius 3 is 2.67 bits per heavy atom. The van der Waals surface area contributed by atoms with Crippen molar-refractivity contribution in [3.05, 3.63) is 56.5 Å². The molecule has 2 aromatic carbocycles. The van der Waals surface area contributed by atoms with Gasteiger partial charge in [-0.05, 0) is 48.2 Å². The Morgan fingerprint density at radius 2 is 1.83 bits per heavy atom. The van der Waals surface area contributed by atoms with Gasteiger partial charge in [-0.15, -0.1) is 11.6 Å². The van der Waals surface area contributed by atoms with Crippen molar-refractivity contribution in [3.63, 3.8) is 0 Å². The van der Waals surface area contributed by atoms with E-state index in [1.165, 1.54) is 16.8 Å². The van der Waals surface area contributed by atoms with Crippen molar-refractivity contribution in [1.82, 2.24) is 4.90 Å². The van der Waals surface area contributed by atoms with Gasteiger partial charge in [0.15, 0.2) is 0 Å². The number of alkyl halides is 1. The zero-order valence-corrected chi connectivity index (χ0v) is 20.7. The van der Waals surface area contributed by atoms with Crippen LogP contribution in [0.3, 0.4) is 0 Å². The van der Waals surface area contributed by atoms with E-state index >= 15 is 0 Å². The average Bonchev–Trinajstić information content (AvgIpc) is 3.07. The third-order valence-electron chi connectivity index (χ3n) is 7.47. The molecule has 6 rings (SSSR count). The van der Waals surface area contributed by atoms with Crippen LogP contribution in [0.1, 0.15) is 17.5 Å². The molecule has 0 aromatic heterocycles. The quantitative estimate of drug-likeness (QED) is 0.406. The molecular weight excluding hydrogens is 528 g/mol. The second-order valence-electron chi connectivity index (χ2n) is 8.80. The summed E-state index contributed by atoms with van der Waals surface area (Å²) in [5.41, 5.74) is 4.26. The van der Waals surface area contributed by atoms with Gasteiger partial charge in [0, 0.05) is 35.3 Å². The Hall–Kier alpha value is -1.37. The predicted molar refractivity (Wildman–Crippen MR) is 131 cm³/mol. The monoisotopic (exact) mass is 546 g/mol. The van der Waals surface area contributed by atoms with Crippen molar-refractivity contribution in [2.45, 2.75) is 23.6 Å². The molecule has 0 unspecified atom stereocenters. The van der Waals surface area contributed by atoms with E-state index in [4.69, 9.17) is 21.6 Å². The van der Waals surface area contributed by atoms with E-state index in [1.54, 1.807) is 0 Å². The maximum Gasteiger partial charge on any atom is 0.118 e. The van der Waals surface area contributed by atoms with E-state index in [2.05, 4.69) is 92.2 Å². The number of aliphatic imine (C=N–C) groups is 2. The summed E-state index contributed by atoms with van der Waals surface area (Å²) in [5, 5.41) is -0.143. The zero-order valence-electron chi connectivity index (χ0n) is 16.8. The van der Waals surface area contributed by atoms with E-state index in [0.29, 0.717) is 6.54 Å². The van der Waals surface area contributed by atoms with Gasteiger partial charge in [-0.25, -0.2) is 4.99 Å². The van der Waals surface area contributed by atoms with Gasteiger partial charge in [0.25, 0.3) is 0 Å². The Balaban J connectivity index is 1.68. The number of halogens is 3. The molecule has 0 amide bonds. The van der Waals surface area contributed by atoms with Crippen LogP contribution in [0.4, 0.5) is 11.4 Å². The number of anilines is 1. The minimum absolute atomic E-state index is 0.143. The SMILES string of the molecule is CN1CC[C@]23Cc4ccc(Br)cc4N(C)C2=NC[C@@H](Cl)[C@]32C1=Nc1cc(Br)ccc12. The Morgan fingerprint density at radius 1 is 1.07 bits per heavy atom. The number of amidine groups is 2. The Labute approximate surface area is 198 Å². The molecule has 3 atom stereocenters. The number of likely N-dealkylation sites (N-methyl/N-ethyl adjacent to an activating group) is 1. The minimum atomic E-state index is -0.381. The van der Waals surface area contributed by atoms with E-state index in [1.807, 2.05) is 0 Å². The topological polar surface area (TPSA) is 31.2 Å². The van der Waals surface area contributed by atoms with Gasteiger partial charge in [-0.2, -0.15) is 0 Å². The Kier molecular flexibility index (Phi) is 4.08. The lowest BCUT2D eigenvalue weighted by molar-refractivity contribution is 0.165. The smallest absolute Gasteiger partial charge is 0.118 e. The maximum absolute atomic E-state index is 7.28. The molecule has 0 aliphatic carbocycles. The third-order valence-corrected chi connectivity index (χ3v) is 8.92. The Bertz CT molecular complexity index is 1160. The summed E-state index contributed by atoms with van der Waals surface area (Å²) in [6, 6.07) is 13.1. The van der Waals surface area contributed by atoms with E-state index in [0.717, 1.165) is 45.7 Å². The van der Waals surface area contributed by atoms with Crippen LogP contribution in [0.15, 0.2) is 55.3 Å². The van der Waals surface area contributed by atoms with Crippen LogP contribution in [-0.4, -0.2) is 49.1 Å². The fourth-order valence-corrected chi connectivity index (χ4v) is 7.49. The van der Waals surface area contributed by atoms with Crippen LogP contribution >= 0.6 is 43.5 Å². The van der Waals surface area contributed by atoms with Gasteiger partial charge in [-0.1, -0.05) is 44.0 Å². The molecular formula is C23H21Br2ClN4. The predicted octanol–water partition coefficient (Wildman–Crippen LogP) is 5.53. The highest BCUT2D eigenvalue weighted by Gasteiger charge is 2.69. The van der Waals surface area contributed by atoms with E-state index in [-0.39, 0.29) is 16.2 Å². The molecule has 30 heavy (non-hydrogen) atoms. The van der Waals surface area contributed by atoms with Gasteiger partial charge < -0.3 is 9.80 Å². The van der Waals surface area contributed by atoms with Crippen molar-refractivity contribution < 1.29 is 0 Å². The van der Waals surface area contributed by atoms with Crippen LogP contribution in [0, 0.1) is 5.41 Å². The number of piperidine rings is 1. The highest BCUT2D eigenvalue weighted by Crippen LogP contribution is 2.63. The number of hydrogen-bond donors (Lipinski definition) is 0. The molecule has 2 spiro atoms. The molecule has 1 fully saturated rings. The summed E-state index contributed by atoms with van der Waals surface area (Å²) in [7, 11) is 4.31. The zero-order chi connectivity index (χ0) is 20.8. The third kappa shape index (κ3) is 2.18. The lowest BCUT2D eigenvalue weighted by atomic mass is 9.50. The van der Waals surface area contributed by atoms with E-state index < -0.39 is 0 Å². The summed E-state index contributed by atoms with van der Waals surface area (Å²) >= 11 is 14.6. The summed E-state index contributed by atoms with van der Waals surface area (Å²) in [6.07, 6.45) is 1.92. The van der Waals surface area contributed by atoms with Crippen LogP contribution in [0.2, 0.25) is 0 Å². The van der Waals surface area contributed by atoms with Crippen LogP contribution in [0.5, 0.6) is 0 Å². The number of likely N-dealkylation sites (tertiary alicyclic amines) is 1. The second kappa shape index (κ2) is 6.33. The first-order chi connectivity index (χ1) is 14.4. The van der Waals surface area contributed by atoms with Crippen molar-refractivity contribution in [1.29, 1.82) is 0 Å². The first-order valence-corrected chi connectivity index (χ1v) is 12.2. The fraction of sp³-hybridized carbons (Fsp3) is 0.391. The molecule has 4 aliphatic rings. The maximum atomic E-state index is 7.28. The van der Waals surface area contributed by atoms with Crippen LogP contribution in [-0.2, 0) is 11.8 Å². The summed E-state index contributed by atoms with van der Waals surface area (Å²) in [4.78, 5) is 14.9. The molecule has 4 heterocycles. The van der Waals surface area contributed by atoms with Crippen molar-refractivity contribution in [2.75, 3.05) is 32.1 Å². The first-order valence-electron chi connectivity index (χ1n) is 10.2. The van der Waals surface area contributed by atoms with Gasteiger partial charge in [-0.3, -0.25) is 4.99 Å². The summed E-state index contributed by atoms with van der Waals surface area (Å²) in [5.74, 6) is 2.25. The summed E-state index contributed by atoms with van der Waals surface area (Å²) in [6.45, 7) is 1.53. The molecule has 0 radical (unpaired) electrons. The molecule has 7 heteroatoms. The lowest BCUT2D eigenvalue weighted by Gasteiger charge is -2.61. The number of nitrogens with zero attached hydrogens (tertiary/aromatic N) is 4. The second-order valence-corrected chi connectivity index (χ2v) is 11.2.